The molecule has 1 saturated carbocycles. The third-order valence-electron chi connectivity index (χ3n) is 4.31. The van der Waals surface area contributed by atoms with E-state index < -0.39 is 0 Å². The molecule has 1 saturated heterocycles. The summed E-state index contributed by atoms with van der Waals surface area (Å²) in [5, 5.41) is 3.15. The van der Waals surface area contributed by atoms with Crippen LogP contribution in [0.3, 0.4) is 0 Å². The Bertz CT molecular complexity index is 441. The molecule has 0 spiro atoms. The lowest BCUT2D eigenvalue weighted by Gasteiger charge is -2.34. The SMILES string of the molecule is COCC1(C2CC2)CC(=O)NC1c1ccccc1. The molecule has 1 N–H and O–H groups in total. The van der Waals surface area contributed by atoms with Crippen LogP contribution in [0.2, 0.25) is 0 Å². The van der Waals surface area contributed by atoms with Crippen molar-refractivity contribution in [3.05, 3.63) is 35.9 Å². The first kappa shape index (κ1) is 11.7. The number of carbonyl (C=O) groups excluding carboxylic acids is 1. The van der Waals surface area contributed by atoms with Crippen LogP contribution >= 0.6 is 0 Å². The first-order valence-electron chi connectivity index (χ1n) is 6.59. The molecule has 18 heavy (non-hydrogen) atoms. The van der Waals surface area contributed by atoms with Crippen molar-refractivity contribution in [2.24, 2.45) is 11.3 Å². The van der Waals surface area contributed by atoms with Crippen LogP contribution in [0.15, 0.2) is 30.3 Å². The number of rotatable bonds is 4. The summed E-state index contributed by atoms with van der Waals surface area (Å²) in [7, 11) is 1.73. The molecule has 3 nitrogen and oxygen atoms in total. The van der Waals surface area contributed by atoms with E-state index in [1.54, 1.807) is 7.11 Å². The summed E-state index contributed by atoms with van der Waals surface area (Å²) in [6.07, 6.45) is 3.05. The van der Waals surface area contributed by atoms with Gasteiger partial charge in [-0.1, -0.05) is 30.3 Å². The molecule has 1 aromatic rings. The van der Waals surface area contributed by atoms with Gasteiger partial charge in [0.05, 0.1) is 12.6 Å². The Hall–Kier alpha value is -1.35. The van der Waals surface area contributed by atoms with E-state index in [1.807, 2.05) is 18.2 Å². The normalized spacial score (nSPS) is 31.4. The zero-order valence-corrected chi connectivity index (χ0v) is 10.7. The van der Waals surface area contributed by atoms with Crippen LogP contribution < -0.4 is 5.32 Å². The van der Waals surface area contributed by atoms with Gasteiger partial charge in [-0.3, -0.25) is 4.79 Å². The molecule has 1 aliphatic heterocycles. The van der Waals surface area contributed by atoms with Crippen molar-refractivity contribution in [1.29, 1.82) is 0 Å². The Morgan fingerprint density at radius 2 is 2.06 bits per heavy atom. The first-order valence-corrected chi connectivity index (χ1v) is 6.59. The Morgan fingerprint density at radius 1 is 1.33 bits per heavy atom. The maximum atomic E-state index is 11.9. The van der Waals surface area contributed by atoms with Crippen molar-refractivity contribution in [2.75, 3.05) is 13.7 Å². The standard InChI is InChI=1S/C15H19NO2/c1-18-10-15(12-7-8-12)9-13(17)16-14(15)11-5-3-2-4-6-11/h2-6,12,14H,7-10H2,1H3,(H,16,17). The summed E-state index contributed by atoms with van der Waals surface area (Å²) in [6, 6.07) is 10.4. The molecule has 2 aliphatic rings. The highest BCUT2D eigenvalue weighted by atomic mass is 16.5. The smallest absolute Gasteiger partial charge is 0.221 e. The maximum absolute atomic E-state index is 11.9. The molecule has 2 unspecified atom stereocenters. The third-order valence-corrected chi connectivity index (χ3v) is 4.31. The molecule has 2 fully saturated rings. The molecular weight excluding hydrogens is 226 g/mol. The summed E-state index contributed by atoms with van der Waals surface area (Å²) in [6.45, 7) is 0.663. The Labute approximate surface area is 108 Å². The average Bonchev–Trinajstić information content (AvgIpc) is 3.17. The van der Waals surface area contributed by atoms with Gasteiger partial charge < -0.3 is 10.1 Å². The van der Waals surface area contributed by atoms with Gasteiger partial charge in [-0.25, -0.2) is 0 Å². The van der Waals surface area contributed by atoms with Gasteiger partial charge in [0.25, 0.3) is 0 Å². The Morgan fingerprint density at radius 3 is 2.67 bits per heavy atom. The van der Waals surface area contributed by atoms with Gasteiger partial charge in [-0.2, -0.15) is 0 Å². The van der Waals surface area contributed by atoms with Crippen molar-refractivity contribution in [3.8, 4) is 0 Å². The van der Waals surface area contributed by atoms with Crippen LogP contribution in [0.25, 0.3) is 0 Å². The summed E-state index contributed by atoms with van der Waals surface area (Å²) < 4.78 is 5.44. The van der Waals surface area contributed by atoms with Gasteiger partial charge in [0.2, 0.25) is 5.91 Å². The molecule has 0 radical (unpaired) electrons. The number of methoxy groups -OCH3 is 1. The quantitative estimate of drug-likeness (QED) is 0.884. The second-order valence-electron chi connectivity index (χ2n) is 5.53. The van der Waals surface area contributed by atoms with Gasteiger partial charge in [0, 0.05) is 18.9 Å². The Kier molecular flexibility index (Phi) is 2.86. The van der Waals surface area contributed by atoms with E-state index in [9.17, 15) is 4.79 Å². The van der Waals surface area contributed by atoms with Crippen LogP contribution in [0.5, 0.6) is 0 Å². The van der Waals surface area contributed by atoms with Crippen LogP contribution in [-0.4, -0.2) is 19.6 Å². The van der Waals surface area contributed by atoms with E-state index in [1.165, 1.54) is 18.4 Å². The second-order valence-corrected chi connectivity index (χ2v) is 5.53. The van der Waals surface area contributed by atoms with E-state index in [4.69, 9.17) is 4.74 Å². The molecule has 1 aliphatic carbocycles. The zero-order valence-electron chi connectivity index (χ0n) is 10.7. The highest BCUT2D eigenvalue weighted by Crippen LogP contribution is 2.57. The van der Waals surface area contributed by atoms with Gasteiger partial charge in [-0.05, 0) is 24.3 Å². The predicted molar refractivity (Wildman–Crippen MR) is 69.0 cm³/mol. The van der Waals surface area contributed by atoms with Gasteiger partial charge in [0.1, 0.15) is 0 Å². The number of hydrogen-bond acceptors (Lipinski definition) is 2. The van der Waals surface area contributed by atoms with E-state index in [0.717, 1.165) is 0 Å². The van der Waals surface area contributed by atoms with E-state index in [2.05, 4.69) is 17.4 Å². The molecule has 1 heterocycles. The van der Waals surface area contributed by atoms with Gasteiger partial charge in [-0.15, -0.1) is 0 Å². The fourth-order valence-electron chi connectivity index (χ4n) is 3.38. The van der Waals surface area contributed by atoms with Crippen LogP contribution in [0, 0.1) is 11.3 Å². The minimum atomic E-state index is -0.0345. The lowest BCUT2D eigenvalue weighted by atomic mass is 9.74. The topological polar surface area (TPSA) is 38.3 Å². The average molecular weight is 245 g/mol. The number of benzene rings is 1. The van der Waals surface area contributed by atoms with Crippen LogP contribution in [-0.2, 0) is 9.53 Å². The molecule has 1 amide bonds. The number of carbonyl (C=O) groups is 1. The molecular formula is C15H19NO2. The highest BCUT2D eigenvalue weighted by molar-refractivity contribution is 5.80. The third kappa shape index (κ3) is 1.83. The van der Waals surface area contributed by atoms with Crippen molar-refractivity contribution in [3.63, 3.8) is 0 Å². The number of amides is 1. The molecule has 0 bridgehead atoms. The van der Waals surface area contributed by atoms with E-state index >= 15 is 0 Å². The number of ether oxygens (including phenoxy) is 1. The van der Waals surface area contributed by atoms with Crippen LogP contribution in [0.1, 0.15) is 30.9 Å². The lowest BCUT2D eigenvalue weighted by molar-refractivity contribution is -0.120. The highest BCUT2D eigenvalue weighted by Gasteiger charge is 2.56. The van der Waals surface area contributed by atoms with Crippen molar-refractivity contribution in [1.82, 2.24) is 5.32 Å². The number of nitrogens with one attached hydrogen (secondary N) is 1. The van der Waals surface area contributed by atoms with E-state index in [0.29, 0.717) is 18.9 Å². The minimum Gasteiger partial charge on any atom is -0.384 e. The van der Waals surface area contributed by atoms with Crippen molar-refractivity contribution < 1.29 is 9.53 Å². The Balaban J connectivity index is 1.97. The van der Waals surface area contributed by atoms with Crippen molar-refractivity contribution >= 4 is 5.91 Å². The molecule has 1 aromatic carbocycles. The molecule has 3 heteroatoms. The van der Waals surface area contributed by atoms with Crippen molar-refractivity contribution in [2.45, 2.75) is 25.3 Å². The minimum absolute atomic E-state index is 0.0345. The fraction of sp³-hybridized carbons (Fsp3) is 0.533. The molecule has 96 valence electrons. The van der Waals surface area contributed by atoms with Crippen LogP contribution in [0.4, 0.5) is 0 Å². The number of hydrogen-bond donors (Lipinski definition) is 1. The lowest BCUT2D eigenvalue weighted by Crippen LogP contribution is -2.35. The summed E-state index contributed by atoms with van der Waals surface area (Å²) in [5.74, 6) is 0.786. The van der Waals surface area contributed by atoms with Gasteiger partial charge in [0.15, 0.2) is 0 Å². The fourth-order valence-corrected chi connectivity index (χ4v) is 3.38. The summed E-state index contributed by atoms with van der Waals surface area (Å²) in [5.41, 5.74) is 1.17. The second kappa shape index (κ2) is 4.39. The van der Waals surface area contributed by atoms with E-state index in [-0.39, 0.29) is 17.4 Å². The molecule has 3 rings (SSSR count). The summed E-state index contributed by atoms with van der Waals surface area (Å²) >= 11 is 0. The summed E-state index contributed by atoms with van der Waals surface area (Å²) in [4.78, 5) is 11.9. The largest absolute Gasteiger partial charge is 0.384 e. The maximum Gasteiger partial charge on any atom is 0.221 e. The van der Waals surface area contributed by atoms with Gasteiger partial charge >= 0.3 is 0 Å². The molecule has 0 aromatic heterocycles. The molecule has 2 atom stereocenters. The predicted octanol–water partition coefficient (Wildman–Crippen LogP) is 2.29. The monoisotopic (exact) mass is 245 g/mol. The zero-order chi connectivity index (χ0) is 12.6. The first-order chi connectivity index (χ1) is 8.76.